The number of hydrogen-bond acceptors (Lipinski definition) is 8. The predicted molar refractivity (Wildman–Crippen MR) is 89.6 cm³/mol. The molecule has 0 aliphatic heterocycles. The summed E-state index contributed by atoms with van der Waals surface area (Å²) in [5, 5.41) is 7.98. The molecule has 0 bridgehead atoms. The van der Waals surface area contributed by atoms with Gasteiger partial charge in [-0.05, 0) is 12.1 Å². The number of rotatable bonds is 6. The molecule has 0 unspecified atom stereocenters. The van der Waals surface area contributed by atoms with E-state index in [1.165, 1.54) is 6.92 Å². The van der Waals surface area contributed by atoms with Crippen LogP contribution >= 0.6 is 0 Å². The Balaban J connectivity index is 2.59. The molecule has 13 heteroatoms. The lowest BCUT2D eigenvalue weighted by Gasteiger charge is -2.06. The lowest BCUT2D eigenvalue weighted by atomic mass is 10.3. The van der Waals surface area contributed by atoms with Crippen molar-refractivity contribution in [3.05, 3.63) is 41.8 Å². The highest BCUT2D eigenvalue weighted by Crippen LogP contribution is 2.31. The first-order valence-corrected chi connectivity index (χ1v) is 10.2. The van der Waals surface area contributed by atoms with Crippen LogP contribution in [0.3, 0.4) is 0 Å². The minimum absolute atomic E-state index is 0.332. The standard InChI is InChI=1S/C14H12F3N3O5S2/c1-3-5-10(26(21,22)4-2)11(18)13-20-9-6-8(7-19-12(9)25-13)27(23,24)14(15,16)17/h3,5-7,18H,1,4H2,2H3/b10-5+,18-11?. The number of halogens is 3. The smallest absolute Gasteiger partial charge is 0.416 e. The molecule has 0 spiro atoms. The Morgan fingerprint density at radius 3 is 2.48 bits per heavy atom. The second-order valence-corrected chi connectivity index (χ2v) is 9.20. The van der Waals surface area contributed by atoms with Crippen molar-refractivity contribution in [3.8, 4) is 0 Å². The molecule has 0 aromatic carbocycles. The molecular formula is C14H12F3N3O5S2. The zero-order chi connectivity index (χ0) is 20.6. The van der Waals surface area contributed by atoms with Gasteiger partial charge in [-0.3, -0.25) is 5.41 Å². The van der Waals surface area contributed by atoms with Gasteiger partial charge in [-0.2, -0.15) is 13.2 Å². The zero-order valence-electron chi connectivity index (χ0n) is 13.6. The van der Waals surface area contributed by atoms with Crippen LogP contribution in [-0.2, 0) is 19.7 Å². The van der Waals surface area contributed by atoms with E-state index < -0.39 is 46.6 Å². The highest BCUT2D eigenvalue weighted by Gasteiger charge is 2.47. The van der Waals surface area contributed by atoms with Gasteiger partial charge in [0.15, 0.2) is 9.84 Å². The molecule has 0 fully saturated rings. The first-order valence-electron chi connectivity index (χ1n) is 7.08. The number of oxazole rings is 1. The van der Waals surface area contributed by atoms with E-state index >= 15 is 0 Å². The average molecular weight is 423 g/mol. The first kappa shape index (κ1) is 20.8. The maximum Gasteiger partial charge on any atom is 0.501 e. The third-order valence-corrected chi connectivity index (χ3v) is 6.51. The Kier molecular flexibility index (Phi) is 5.30. The molecule has 8 nitrogen and oxygen atoms in total. The van der Waals surface area contributed by atoms with Crippen molar-refractivity contribution in [2.45, 2.75) is 17.3 Å². The van der Waals surface area contributed by atoms with Crippen molar-refractivity contribution in [2.24, 2.45) is 0 Å². The van der Waals surface area contributed by atoms with Crippen LogP contribution in [0.1, 0.15) is 12.8 Å². The topological polar surface area (TPSA) is 131 Å². The Bertz CT molecular complexity index is 1160. The van der Waals surface area contributed by atoms with Crippen LogP contribution in [0.15, 0.2) is 45.2 Å². The summed E-state index contributed by atoms with van der Waals surface area (Å²) in [7, 11) is -9.51. The summed E-state index contributed by atoms with van der Waals surface area (Å²) in [5.74, 6) is -0.884. The summed E-state index contributed by atoms with van der Waals surface area (Å²) >= 11 is 0. The van der Waals surface area contributed by atoms with E-state index in [-0.39, 0.29) is 17.0 Å². The average Bonchev–Trinajstić information content (AvgIpc) is 3.01. The van der Waals surface area contributed by atoms with Crippen LogP contribution in [0.2, 0.25) is 0 Å². The number of nitrogens with one attached hydrogen (secondary N) is 1. The summed E-state index contributed by atoms with van der Waals surface area (Å²) in [6, 6.07) is 0.580. The van der Waals surface area contributed by atoms with Crippen molar-refractivity contribution in [3.63, 3.8) is 0 Å². The van der Waals surface area contributed by atoms with Gasteiger partial charge in [-0.1, -0.05) is 19.6 Å². The van der Waals surface area contributed by atoms with Gasteiger partial charge >= 0.3 is 5.51 Å². The highest BCUT2D eigenvalue weighted by atomic mass is 32.2. The molecule has 2 rings (SSSR count). The number of pyridine rings is 1. The quantitative estimate of drug-likeness (QED) is 0.557. The van der Waals surface area contributed by atoms with Crippen LogP contribution in [0, 0.1) is 5.41 Å². The molecule has 2 aromatic heterocycles. The van der Waals surface area contributed by atoms with E-state index in [1.807, 2.05) is 0 Å². The molecule has 27 heavy (non-hydrogen) atoms. The molecule has 0 saturated heterocycles. The molecule has 146 valence electrons. The third kappa shape index (κ3) is 3.78. The Morgan fingerprint density at radius 1 is 1.33 bits per heavy atom. The van der Waals surface area contributed by atoms with Crippen LogP contribution < -0.4 is 0 Å². The van der Waals surface area contributed by atoms with Crippen LogP contribution in [0.5, 0.6) is 0 Å². The van der Waals surface area contributed by atoms with E-state index in [2.05, 4.69) is 16.5 Å². The van der Waals surface area contributed by atoms with Crippen molar-refractivity contribution < 1.29 is 34.4 Å². The van der Waals surface area contributed by atoms with E-state index in [0.29, 0.717) is 12.3 Å². The number of aromatic nitrogens is 2. The maximum atomic E-state index is 12.6. The van der Waals surface area contributed by atoms with Gasteiger partial charge in [0.1, 0.15) is 11.2 Å². The molecule has 0 atom stereocenters. The van der Waals surface area contributed by atoms with E-state index in [9.17, 15) is 30.0 Å². The number of sulfone groups is 2. The Morgan fingerprint density at radius 2 is 1.96 bits per heavy atom. The molecule has 0 radical (unpaired) electrons. The summed E-state index contributed by atoms with van der Waals surface area (Å²) in [5.41, 5.74) is -6.94. The fourth-order valence-corrected chi connectivity index (χ4v) is 3.64. The summed E-state index contributed by atoms with van der Waals surface area (Å²) in [4.78, 5) is 5.53. The van der Waals surface area contributed by atoms with Gasteiger partial charge in [0, 0.05) is 0 Å². The van der Waals surface area contributed by atoms with Gasteiger partial charge in [0.25, 0.3) is 9.84 Å². The zero-order valence-corrected chi connectivity index (χ0v) is 15.2. The van der Waals surface area contributed by atoms with Gasteiger partial charge in [-0.25, -0.2) is 26.8 Å². The van der Waals surface area contributed by atoms with Crippen molar-refractivity contribution in [1.82, 2.24) is 9.97 Å². The number of hydrogen-bond donors (Lipinski definition) is 1. The molecule has 0 aliphatic carbocycles. The lowest BCUT2D eigenvalue weighted by Crippen LogP contribution is -2.23. The molecule has 0 saturated carbocycles. The lowest BCUT2D eigenvalue weighted by molar-refractivity contribution is -0.0436. The molecular weight excluding hydrogens is 411 g/mol. The van der Waals surface area contributed by atoms with E-state index in [4.69, 9.17) is 9.83 Å². The van der Waals surface area contributed by atoms with Crippen molar-refractivity contribution in [2.75, 3.05) is 5.75 Å². The van der Waals surface area contributed by atoms with Gasteiger partial charge in [0.2, 0.25) is 11.6 Å². The van der Waals surface area contributed by atoms with Crippen molar-refractivity contribution >= 4 is 36.6 Å². The number of allylic oxidation sites excluding steroid dienone is 3. The first-order chi connectivity index (χ1) is 12.3. The number of alkyl halides is 3. The molecule has 2 heterocycles. The highest BCUT2D eigenvalue weighted by molar-refractivity contribution is 7.96. The minimum atomic E-state index is -5.65. The van der Waals surface area contributed by atoms with Gasteiger partial charge < -0.3 is 4.42 Å². The predicted octanol–water partition coefficient (Wildman–Crippen LogP) is 2.39. The molecule has 0 aliphatic rings. The normalized spacial score (nSPS) is 13.7. The molecule has 0 amide bonds. The minimum Gasteiger partial charge on any atom is -0.416 e. The second kappa shape index (κ2) is 6.88. The monoisotopic (exact) mass is 423 g/mol. The largest absolute Gasteiger partial charge is 0.501 e. The Labute approximate surface area is 151 Å². The molecule has 2 aromatic rings. The summed E-state index contributed by atoms with van der Waals surface area (Å²) < 4.78 is 90.0. The van der Waals surface area contributed by atoms with E-state index in [1.54, 1.807) is 0 Å². The molecule has 1 N–H and O–H groups in total. The maximum absolute atomic E-state index is 12.6. The summed E-state index contributed by atoms with van der Waals surface area (Å²) in [6.45, 7) is 4.70. The number of nitrogens with zero attached hydrogens (tertiary/aromatic N) is 2. The second-order valence-electron chi connectivity index (χ2n) is 5.01. The van der Waals surface area contributed by atoms with Crippen LogP contribution in [-0.4, -0.2) is 43.8 Å². The fourth-order valence-electron chi connectivity index (χ4n) is 1.90. The van der Waals surface area contributed by atoms with E-state index in [0.717, 1.165) is 12.2 Å². The van der Waals surface area contributed by atoms with Crippen LogP contribution in [0.25, 0.3) is 11.2 Å². The van der Waals surface area contributed by atoms with Gasteiger partial charge in [0.05, 0.1) is 21.8 Å². The SMILES string of the molecule is C=C/C=C(\C(=N)c1nc2cc(S(=O)(=O)C(F)(F)F)cnc2o1)S(=O)(=O)CC. The third-order valence-electron chi connectivity index (χ3n) is 3.28. The van der Waals surface area contributed by atoms with Gasteiger partial charge in [-0.15, -0.1) is 0 Å². The van der Waals surface area contributed by atoms with Crippen LogP contribution in [0.4, 0.5) is 13.2 Å². The fraction of sp³-hybridized carbons (Fsp3) is 0.214. The number of fused-ring (bicyclic) bond motifs is 1. The summed E-state index contributed by atoms with van der Waals surface area (Å²) in [6.07, 6.45) is 2.61. The Hall–Kier alpha value is -2.54. The van der Waals surface area contributed by atoms with Crippen molar-refractivity contribution in [1.29, 1.82) is 5.41 Å².